The van der Waals surface area contributed by atoms with Gasteiger partial charge in [-0.2, -0.15) is 0 Å². The maximum atomic E-state index is 12.4. The van der Waals surface area contributed by atoms with Crippen molar-refractivity contribution in [1.29, 1.82) is 0 Å². The summed E-state index contributed by atoms with van der Waals surface area (Å²) in [6, 6.07) is 7.85. The summed E-state index contributed by atoms with van der Waals surface area (Å²) in [4.78, 5) is 14.4. The van der Waals surface area contributed by atoms with Gasteiger partial charge in [-0.05, 0) is 31.4 Å². The molecule has 0 bridgehead atoms. The van der Waals surface area contributed by atoms with Gasteiger partial charge >= 0.3 is 0 Å². The summed E-state index contributed by atoms with van der Waals surface area (Å²) in [6.07, 6.45) is 2.43. The fourth-order valence-corrected chi connectivity index (χ4v) is 2.60. The van der Waals surface area contributed by atoms with Crippen LogP contribution in [0.3, 0.4) is 0 Å². The highest BCUT2D eigenvalue weighted by molar-refractivity contribution is 5.95. The minimum absolute atomic E-state index is 0. The molecule has 1 spiro atoms. The van der Waals surface area contributed by atoms with E-state index >= 15 is 0 Å². The van der Waals surface area contributed by atoms with Crippen molar-refractivity contribution in [3.63, 3.8) is 0 Å². The molecule has 1 aromatic carbocycles. The zero-order chi connectivity index (χ0) is 11.9. The van der Waals surface area contributed by atoms with Crippen molar-refractivity contribution >= 4 is 18.3 Å². The minimum atomic E-state index is 0. The topological polar surface area (TPSA) is 32.3 Å². The van der Waals surface area contributed by atoms with Crippen molar-refractivity contribution < 1.29 is 4.79 Å². The van der Waals surface area contributed by atoms with Crippen LogP contribution in [0.5, 0.6) is 0 Å². The smallest absolute Gasteiger partial charge is 0.254 e. The SMILES string of the molecule is Cc1ccccc1C(=O)N1CCNC2(CC2)C1.Cl. The molecule has 0 unspecified atom stereocenters. The Bertz CT molecular complexity index is 457. The Labute approximate surface area is 114 Å². The van der Waals surface area contributed by atoms with E-state index in [1.165, 1.54) is 12.8 Å². The molecular formula is C14H19ClN2O. The summed E-state index contributed by atoms with van der Waals surface area (Å²) >= 11 is 0. The van der Waals surface area contributed by atoms with Gasteiger partial charge in [-0.25, -0.2) is 0 Å². The molecule has 2 aliphatic rings. The number of amides is 1. The van der Waals surface area contributed by atoms with Crippen LogP contribution in [0.2, 0.25) is 0 Å². The number of aryl methyl sites for hydroxylation is 1. The molecule has 2 fully saturated rings. The number of nitrogens with zero attached hydrogens (tertiary/aromatic N) is 1. The van der Waals surface area contributed by atoms with Gasteiger partial charge in [0.1, 0.15) is 0 Å². The number of nitrogens with one attached hydrogen (secondary N) is 1. The molecular weight excluding hydrogens is 248 g/mol. The predicted molar refractivity (Wildman–Crippen MR) is 74.3 cm³/mol. The average Bonchev–Trinajstić information content (AvgIpc) is 3.08. The Morgan fingerprint density at radius 1 is 1.33 bits per heavy atom. The molecule has 1 saturated carbocycles. The molecule has 3 rings (SSSR count). The van der Waals surface area contributed by atoms with Gasteiger partial charge in [0.05, 0.1) is 0 Å². The van der Waals surface area contributed by atoms with E-state index in [1.807, 2.05) is 36.1 Å². The summed E-state index contributed by atoms with van der Waals surface area (Å²) in [7, 11) is 0. The van der Waals surface area contributed by atoms with E-state index in [9.17, 15) is 4.79 Å². The van der Waals surface area contributed by atoms with Crippen molar-refractivity contribution in [2.45, 2.75) is 25.3 Å². The lowest BCUT2D eigenvalue weighted by Gasteiger charge is -2.34. The zero-order valence-electron chi connectivity index (χ0n) is 10.6. The number of hydrogen-bond acceptors (Lipinski definition) is 2. The van der Waals surface area contributed by atoms with Crippen LogP contribution in [-0.4, -0.2) is 36.0 Å². The highest BCUT2D eigenvalue weighted by atomic mass is 35.5. The quantitative estimate of drug-likeness (QED) is 0.843. The van der Waals surface area contributed by atoms with Gasteiger partial charge in [-0.3, -0.25) is 4.79 Å². The summed E-state index contributed by atoms with van der Waals surface area (Å²) in [6.45, 7) is 4.63. The van der Waals surface area contributed by atoms with E-state index in [2.05, 4.69) is 5.32 Å². The van der Waals surface area contributed by atoms with Gasteiger partial charge in [-0.15, -0.1) is 12.4 Å². The number of rotatable bonds is 1. The molecule has 98 valence electrons. The predicted octanol–water partition coefficient (Wildman–Crippen LogP) is 1.99. The third-order valence-electron chi connectivity index (χ3n) is 3.89. The molecule has 1 saturated heterocycles. The highest BCUT2D eigenvalue weighted by Gasteiger charge is 2.46. The molecule has 1 aliphatic heterocycles. The van der Waals surface area contributed by atoms with Crippen molar-refractivity contribution in [1.82, 2.24) is 10.2 Å². The normalized spacial score (nSPS) is 20.4. The van der Waals surface area contributed by atoms with Crippen molar-refractivity contribution in [2.75, 3.05) is 19.6 Å². The Morgan fingerprint density at radius 2 is 2.06 bits per heavy atom. The third-order valence-corrected chi connectivity index (χ3v) is 3.89. The second kappa shape index (κ2) is 4.90. The van der Waals surface area contributed by atoms with Crippen LogP contribution < -0.4 is 5.32 Å². The maximum Gasteiger partial charge on any atom is 0.254 e. The highest BCUT2D eigenvalue weighted by Crippen LogP contribution is 2.37. The number of hydrogen-bond donors (Lipinski definition) is 1. The van der Waals surface area contributed by atoms with Crippen molar-refractivity contribution in [2.24, 2.45) is 0 Å². The number of carbonyl (C=O) groups excluding carboxylic acids is 1. The molecule has 4 heteroatoms. The summed E-state index contributed by atoms with van der Waals surface area (Å²) < 4.78 is 0. The third kappa shape index (κ3) is 2.38. The first-order valence-electron chi connectivity index (χ1n) is 6.30. The molecule has 1 heterocycles. The van der Waals surface area contributed by atoms with Crippen LogP contribution in [0, 0.1) is 6.92 Å². The van der Waals surface area contributed by atoms with Crippen LogP contribution in [0.1, 0.15) is 28.8 Å². The molecule has 1 amide bonds. The van der Waals surface area contributed by atoms with Crippen molar-refractivity contribution in [3.8, 4) is 0 Å². The Hall–Kier alpha value is -1.06. The maximum absolute atomic E-state index is 12.4. The Morgan fingerprint density at radius 3 is 2.72 bits per heavy atom. The number of piperazine rings is 1. The molecule has 3 nitrogen and oxygen atoms in total. The van der Waals surface area contributed by atoms with Crippen LogP contribution in [-0.2, 0) is 0 Å². The Kier molecular flexibility index (Phi) is 3.64. The van der Waals surface area contributed by atoms with Crippen LogP contribution in [0.4, 0.5) is 0 Å². The van der Waals surface area contributed by atoms with E-state index < -0.39 is 0 Å². The van der Waals surface area contributed by atoms with Crippen LogP contribution >= 0.6 is 12.4 Å². The van der Waals surface area contributed by atoms with Gasteiger partial charge in [0, 0.05) is 30.7 Å². The lowest BCUT2D eigenvalue weighted by Crippen LogP contribution is -2.54. The van der Waals surface area contributed by atoms with Gasteiger partial charge < -0.3 is 10.2 Å². The lowest BCUT2D eigenvalue weighted by molar-refractivity contribution is 0.0690. The van der Waals surface area contributed by atoms with Gasteiger partial charge in [0.25, 0.3) is 5.91 Å². The van der Waals surface area contributed by atoms with Gasteiger partial charge in [-0.1, -0.05) is 18.2 Å². The van der Waals surface area contributed by atoms with E-state index in [0.29, 0.717) is 0 Å². The largest absolute Gasteiger partial charge is 0.336 e. The van der Waals surface area contributed by atoms with Crippen LogP contribution in [0.15, 0.2) is 24.3 Å². The second-order valence-corrected chi connectivity index (χ2v) is 5.25. The second-order valence-electron chi connectivity index (χ2n) is 5.25. The monoisotopic (exact) mass is 266 g/mol. The fraction of sp³-hybridized carbons (Fsp3) is 0.500. The number of halogens is 1. The molecule has 1 N–H and O–H groups in total. The molecule has 1 aromatic rings. The van der Waals surface area contributed by atoms with E-state index in [1.54, 1.807) is 0 Å². The lowest BCUT2D eigenvalue weighted by atomic mass is 10.1. The zero-order valence-corrected chi connectivity index (χ0v) is 11.4. The fourth-order valence-electron chi connectivity index (χ4n) is 2.60. The standard InChI is InChI=1S/C14H18N2O.ClH/c1-11-4-2-3-5-12(11)13(17)16-9-8-15-14(10-16)6-7-14;/h2-5,15H,6-10H2,1H3;1H. The Balaban J connectivity index is 0.00000120. The van der Waals surface area contributed by atoms with E-state index in [-0.39, 0.29) is 23.9 Å². The van der Waals surface area contributed by atoms with E-state index in [4.69, 9.17) is 0 Å². The first-order valence-corrected chi connectivity index (χ1v) is 6.30. The summed E-state index contributed by atoms with van der Waals surface area (Å²) in [5, 5.41) is 3.53. The summed E-state index contributed by atoms with van der Waals surface area (Å²) in [5.74, 6) is 0.191. The first kappa shape index (κ1) is 13.4. The van der Waals surface area contributed by atoms with E-state index in [0.717, 1.165) is 30.8 Å². The molecule has 0 atom stereocenters. The molecule has 18 heavy (non-hydrogen) atoms. The van der Waals surface area contributed by atoms with Crippen molar-refractivity contribution in [3.05, 3.63) is 35.4 Å². The molecule has 0 aromatic heterocycles. The van der Waals surface area contributed by atoms with Gasteiger partial charge in [0.15, 0.2) is 0 Å². The minimum Gasteiger partial charge on any atom is -0.336 e. The summed E-state index contributed by atoms with van der Waals surface area (Å²) in [5.41, 5.74) is 2.18. The molecule has 1 aliphatic carbocycles. The number of benzene rings is 1. The first-order chi connectivity index (χ1) is 8.20. The average molecular weight is 267 g/mol. The molecule has 0 radical (unpaired) electrons. The number of carbonyl (C=O) groups is 1. The van der Waals surface area contributed by atoms with Crippen LogP contribution in [0.25, 0.3) is 0 Å². The van der Waals surface area contributed by atoms with Gasteiger partial charge in [0.2, 0.25) is 0 Å².